The van der Waals surface area contributed by atoms with Gasteiger partial charge in [-0.15, -0.1) is 0 Å². The molecule has 0 amide bonds. The van der Waals surface area contributed by atoms with Crippen LogP contribution in [0.3, 0.4) is 0 Å². The largest absolute Gasteiger partial charge is 0.481 e. The van der Waals surface area contributed by atoms with E-state index in [4.69, 9.17) is 11.6 Å². The molecule has 122 valence electrons. The van der Waals surface area contributed by atoms with Crippen LogP contribution in [-0.2, 0) is 11.3 Å². The molecular weight excluding hydrogens is 314 g/mol. The van der Waals surface area contributed by atoms with Crippen molar-refractivity contribution in [3.8, 4) is 5.69 Å². The van der Waals surface area contributed by atoms with E-state index in [1.165, 1.54) is 0 Å². The van der Waals surface area contributed by atoms with Gasteiger partial charge in [0.05, 0.1) is 17.8 Å². The zero-order valence-electron chi connectivity index (χ0n) is 13.0. The maximum atomic E-state index is 11.3. The highest BCUT2D eigenvalue weighted by atomic mass is 35.5. The predicted octanol–water partition coefficient (Wildman–Crippen LogP) is 3.21. The van der Waals surface area contributed by atoms with E-state index < -0.39 is 5.97 Å². The number of aromatic nitrogens is 2. The van der Waals surface area contributed by atoms with E-state index in [1.807, 2.05) is 48.3 Å². The summed E-state index contributed by atoms with van der Waals surface area (Å²) in [5.41, 5.74) is 2.04. The Morgan fingerprint density at radius 3 is 2.83 bits per heavy atom. The molecule has 2 heterocycles. The highest BCUT2D eigenvalue weighted by Gasteiger charge is 2.32. The second-order valence-electron chi connectivity index (χ2n) is 6.07. The summed E-state index contributed by atoms with van der Waals surface area (Å²) in [4.78, 5) is 13.6. The third-order valence-corrected chi connectivity index (χ3v) is 4.80. The number of carbonyl (C=O) groups is 1. The van der Waals surface area contributed by atoms with Gasteiger partial charge in [0.1, 0.15) is 0 Å². The second-order valence-corrected chi connectivity index (χ2v) is 6.50. The quantitative estimate of drug-likeness (QED) is 0.933. The molecule has 1 fully saturated rings. The van der Waals surface area contributed by atoms with Crippen molar-refractivity contribution in [2.24, 2.45) is 5.92 Å². The van der Waals surface area contributed by atoms with Gasteiger partial charge in [-0.1, -0.05) is 11.6 Å². The van der Waals surface area contributed by atoms with Crippen molar-refractivity contribution in [3.63, 3.8) is 0 Å². The third kappa shape index (κ3) is 3.57. The van der Waals surface area contributed by atoms with Crippen molar-refractivity contribution in [2.45, 2.75) is 32.4 Å². The molecule has 0 aliphatic carbocycles. The van der Waals surface area contributed by atoms with Gasteiger partial charge < -0.3 is 5.11 Å². The normalized spacial score (nSPS) is 22.2. The Balaban J connectivity index is 1.71. The highest BCUT2D eigenvalue weighted by molar-refractivity contribution is 6.30. The zero-order chi connectivity index (χ0) is 16.4. The lowest BCUT2D eigenvalue weighted by Gasteiger charge is -2.37. The summed E-state index contributed by atoms with van der Waals surface area (Å²) in [6.07, 6.45) is 5.51. The molecule has 3 rings (SSSR count). The lowest BCUT2D eigenvalue weighted by atomic mass is 9.90. The van der Waals surface area contributed by atoms with Crippen LogP contribution < -0.4 is 0 Å². The summed E-state index contributed by atoms with van der Waals surface area (Å²) in [5, 5.41) is 14.4. The summed E-state index contributed by atoms with van der Waals surface area (Å²) < 4.78 is 1.81. The Labute approximate surface area is 140 Å². The number of likely N-dealkylation sites (tertiary alicyclic amines) is 1. The molecule has 5 nitrogen and oxygen atoms in total. The maximum absolute atomic E-state index is 11.3. The minimum atomic E-state index is -0.695. The lowest BCUT2D eigenvalue weighted by Crippen LogP contribution is -2.45. The molecule has 23 heavy (non-hydrogen) atoms. The topological polar surface area (TPSA) is 58.4 Å². The molecule has 2 aromatic rings. The van der Waals surface area contributed by atoms with Gasteiger partial charge in [-0.05, 0) is 50.6 Å². The summed E-state index contributed by atoms with van der Waals surface area (Å²) in [7, 11) is 0. The second kappa shape index (κ2) is 6.72. The van der Waals surface area contributed by atoms with Crippen LogP contribution in [0.2, 0.25) is 5.02 Å². The molecular formula is C17H20ClN3O2. The molecule has 1 N–H and O–H groups in total. The number of benzene rings is 1. The van der Waals surface area contributed by atoms with E-state index in [9.17, 15) is 9.90 Å². The van der Waals surface area contributed by atoms with E-state index in [0.717, 1.165) is 37.2 Å². The molecule has 0 bridgehead atoms. The van der Waals surface area contributed by atoms with Crippen LogP contribution in [0.15, 0.2) is 36.7 Å². The van der Waals surface area contributed by atoms with Gasteiger partial charge in [0.15, 0.2) is 0 Å². The fraction of sp³-hybridized carbons (Fsp3) is 0.412. The molecule has 1 aliphatic heterocycles. The average molecular weight is 334 g/mol. The van der Waals surface area contributed by atoms with Crippen molar-refractivity contribution >= 4 is 17.6 Å². The monoisotopic (exact) mass is 333 g/mol. The van der Waals surface area contributed by atoms with Crippen LogP contribution in [0.4, 0.5) is 0 Å². The molecule has 1 aromatic carbocycles. The van der Waals surface area contributed by atoms with E-state index in [2.05, 4.69) is 10.00 Å². The van der Waals surface area contributed by atoms with Crippen LogP contribution in [0.5, 0.6) is 0 Å². The molecule has 1 aromatic heterocycles. The standard InChI is InChI=1S/C17H20ClN3O2/c1-12-16(17(22)23)3-2-8-20(12)10-13-9-19-21(11-13)15-6-4-14(18)5-7-15/h4-7,9,11-12,16H,2-3,8,10H2,1H3,(H,22,23)/t12-,16-/m1/s1. The number of hydrogen-bond acceptors (Lipinski definition) is 3. The summed E-state index contributed by atoms with van der Waals surface area (Å²) in [6, 6.07) is 7.55. The lowest BCUT2D eigenvalue weighted by molar-refractivity contribution is -0.145. The molecule has 1 saturated heterocycles. The van der Waals surface area contributed by atoms with Gasteiger partial charge in [0.2, 0.25) is 0 Å². The van der Waals surface area contributed by atoms with E-state index in [1.54, 1.807) is 0 Å². The molecule has 2 atom stereocenters. The van der Waals surface area contributed by atoms with Crippen LogP contribution in [0.25, 0.3) is 5.69 Å². The van der Waals surface area contributed by atoms with Gasteiger partial charge in [-0.3, -0.25) is 9.69 Å². The van der Waals surface area contributed by atoms with Crippen LogP contribution >= 0.6 is 11.6 Å². The van der Waals surface area contributed by atoms with Crippen molar-refractivity contribution in [3.05, 3.63) is 47.2 Å². The minimum Gasteiger partial charge on any atom is -0.481 e. The van der Waals surface area contributed by atoms with E-state index in [-0.39, 0.29) is 12.0 Å². The van der Waals surface area contributed by atoms with Crippen molar-refractivity contribution < 1.29 is 9.90 Å². The van der Waals surface area contributed by atoms with Gasteiger partial charge in [-0.25, -0.2) is 4.68 Å². The van der Waals surface area contributed by atoms with Crippen LogP contribution in [0.1, 0.15) is 25.3 Å². The van der Waals surface area contributed by atoms with Crippen LogP contribution in [0, 0.1) is 5.92 Å². The minimum absolute atomic E-state index is 0.0418. The molecule has 1 aliphatic rings. The molecule has 0 saturated carbocycles. The smallest absolute Gasteiger partial charge is 0.308 e. The van der Waals surface area contributed by atoms with Crippen molar-refractivity contribution in [1.82, 2.24) is 14.7 Å². The van der Waals surface area contributed by atoms with E-state index in [0.29, 0.717) is 5.02 Å². The number of hydrogen-bond donors (Lipinski definition) is 1. The van der Waals surface area contributed by atoms with Gasteiger partial charge in [0, 0.05) is 29.4 Å². The van der Waals surface area contributed by atoms with Crippen molar-refractivity contribution in [1.29, 1.82) is 0 Å². The first kappa shape index (κ1) is 16.0. The predicted molar refractivity (Wildman–Crippen MR) is 88.8 cm³/mol. The average Bonchev–Trinajstić information content (AvgIpc) is 2.98. The number of carboxylic acid groups (broad SMARTS) is 1. The van der Waals surface area contributed by atoms with Crippen molar-refractivity contribution in [2.75, 3.05) is 6.54 Å². The molecule has 0 spiro atoms. The van der Waals surface area contributed by atoms with Crippen LogP contribution in [-0.4, -0.2) is 38.3 Å². The van der Waals surface area contributed by atoms with E-state index >= 15 is 0 Å². The van der Waals surface area contributed by atoms with Gasteiger partial charge >= 0.3 is 5.97 Å². The highest BCUT2D eigenvalue weighted by Crippen LogP contribution is 2.25. The summed E-state index contributed by atoms with van der Waals surface area (Å²) in [6.45, 7) is 3.65. The summed E-state index contributed by atoms with van der Waals surface area (Å²) in [5.74, 6) is -0.978. The number of carboxylic acids is 1. The molecule has 0 unspecified atom stereocenters. The Kier molecular flexibility index (Phi) is 4.68. The van der Waals surface area contributed by atoms with Gasteiger partial charge in [-0.2, -0.15) is 5.10 Å². The number of piperidine rings is 1. The first-order valence-electron chi connectivity index (χ1n) is 7.81. The number of nitrogens with zero attached hydrogens (tertiary/aromatic N) is 3. The molecule has 6 heteroatoms. The Morgan fingerprint density at radius 2 is 2.13 bits per heavy atom. The third-order valence-electron chi connectivity index (χ3n) is 4.55. The Bertz CT molecular complexity index is 683. The first-order valence-corrected chi connectivity index (χ1v) is 8.19. The fourth-order valence-electron chi connectivity index (χ4n) is 3.18. The zero-order valence-corrected chi connectivity index (χ0v) is 13.8. The number of halogens is 1. The Morgan fingerprint density at radius 1 is 1.39 bits per heavy atom. The SMILES string of the molecule is C[C@@H]1[C@H](C(=O)O)CCCN1Cc1cnn(-c2ccc(Cl)cc2)c1. The van der Waals surface area contributed by atoms with Gasteiger partial charge in [0.25, 0.3) is 0 Å². The first-order chi connectivity index (χ1) is 11.0. The number of aliphatic carboxylic acids is 1. The molecule has 0 radical (unpaired) electrons. The maximum Gasteiger partial charge on any atom is 0.308 e. The fourth-order valence-corrected chi connectivity index (χ4v) is 3.30. The Hall–Kier alpha value is -1.85. The number of rotatable bonds is 4. The summed E-state index contributed by atoms with van der Waals surface area (Å²) >= 11 is 5.90.